The van der Waals surface area contributed by atoms with Gasteiger partial charge in [0.25, 0.3) is 0 Å². The van der Waals surface area contributed by atoms with E-state index in [9.17, 15) is 9.59 Å². The smallest absolute Gasteiger partial charge is 0.308 e. The number of amides is 1. The van der Waals surface area contributed by atoms with E-state index in [0.717, 1.165) is 25.7 Å². The molecule has 1 heterocycles. The summed E-state index contributed by atoms with van der Waals surface area (Å²) in [6.45, 7) is 6.80. The lowest BCUT2D eigenvalue weighted by Gasteiger charge is -2.45. The molecular formula is C15H25NO3. The van der Waals surface area contributed by atoms with Crippen LogP contribution in [0.2, 0.25) is 0 Å². The molecule has 1 saturated carbocycles. The molecule has 1 aliphatic heterocycles. The standard InChI is InChI=1S/C15H25NO3/c1-10(2)9-15(6-4-7-15)14(19)16-8-5-12(11(16)3)13(17)18/h10-12H,4-9H2,1-3H3,(H,17,18). The second-order valence-corrected chi connectivity index (χ2v) is 6.70. The third-order valence-corrected chi connectivity index (χ3v) is 4.90. The fourth-order valence-electron chi connectivity index (χ4n) is 3.75. The van der Waals surface area contributed by atoms with E-state index in [2.05, 4.69) is 13.8 Å². The van der Waals surface area contributed by atoms with Crippen LogP contribution in [0.5, 0.6) is 0 Å². The Balaban J connectivity index is 2.09. The highest BCUT2D eigenvalue weighted by atomic mass is 16.4. The van der Waals surface area contributed by atoms with E-state index in [1.165, 1.54) is 0 Å². The summed E-state index contributed by atoms with van der Waals surface area (Å²) < 4.78 is 0. The van der Waals surface area contributed by atoms with Gasteiger partial charge in [-0.3, -0.25) is 9.59 Å². The summed E-state index contributed by atoms with van der Waals surface area (Å²) in [4.78, 5) is 25.8. The van der Waals surface area contributed by atoms with Crippen LogP contribution < -0.4 is 0 Å². The van der Waals surface area contributed by atoms with Gasteiger partial charge in [0.05, 0.1) is 5.92 Å². The number of aliphatic carboxylic acids is 1. The van der Waals surface area contributed by atoms with Gasteiger partial charge in [-0.05, 0) is 38.5 Å². The Morgan fingerprint density at radius 2 is 2.00 bits per heavy atom. The van der Waals surface area contributed by atoms with E-state index in [1.807, 2.05) is 11.8 Å². The lowest BCUT2D eigenvalue weighted by atomic mass is 9.63. The Hall–Kier alpha value is -1.06. The molecule has 2 fully saturated rings. The molecule has 0 radical (unpaired) electrons. The van der Waals surface area contributed by atoms with Crippen LogP contribution in [-0.2, 0) is 9.59 Å². The number of hydrogen-bond donors (Lipinski definition) is 1. The highest BCUT2D eigenvalue weighted by Crippen LogP contribution is 2.48. The number of hydrogen-bond acceptors (Lipinski definition) is 2. The minimum Gasteiger partial charge on any atom is -0.481 e. The van der Waals surface area contributed by atoms with Crippen LogP contribution in [0.15, 0.2) is 0 Å². The van der Waals surface area contributed by atoms with Crippen LogP contribution >= 0.6 is 0 Å². The molecule has 0 spiro atoms. The van der Waals surface area contributed by atoms with Gasteiger partial charge >= 0.3 is 5.97 Å². The fraction of sp³-hybridized carbons (Fsp3) is 0.867. The molecule has 4 nitrogen and oxygen atoms in total. The molecule has 0 aromatic heterocycles. The number of rotatable bonds is 4. The van der Waals surface area contributed by atoms with Crippen molar-refractivity contribution in [2.45, 2.75) is 58.9 Å². The fourth-order valence-corrected chi connectivity index (χ4v) is 3.75. The molecule has 0 aromatic rings. The molecule has 0 aromatic carbocycles. The number of likely N-dealkylation sites (tertiary alicyclic amines) is 1. The lowest BCUT2D eigenvalue weighted by molar-refractivity contribution is -0.151. The first kappa shape index (κ1) is 14.4. The quantitative estimate of drug-likeness (QED) is 0.851. The highest BCUT2D eigenvalue weighted by Gasteiger charge is 2.49. The molecule has 1 saturated heterocycles. The van der Waals surface area contributed by atoms with E-state index >= 15 is 0 Å². The molecule has 1 N–H and O–H groups in total. The van der Waals surface area contributed by atoms with Crippen molar-refractivity contribution in [3.8, 4) is 0 Å². The molecule has 4 heteroatoms. The van der Waals surface area contributed by atoms with Gasteiger partial charge in [-0.25, -0.2) is 0 Å². The second-order valence-electron chi connectivity index (χ2n) is 6.70. The van der Waals surface area contributed by atoms with E-state index in [1.54, 1.807) is 0 Å². The topological polar surface area (TPSA) is 57.6 Å². The summed E-state index contributed by atoms with van der Waals surface area (Å²) in [7, 11) is 0. The summed E-state index contributed by atoms with van der Waals surface area (Å²) in [5.74, 6) is -0.435. The maximum absolute atomic E-state index is 12.8. The summed E-state index contributed by atoms with van der Waals surface area (Å²) in [6, 6.07) is -0.158. The zero-order valence-corrected chi connectivity index (χ0v) is 12.2. The maximum atomic E-state index is 12.8. The van der Waals surface area contributed by atoms with Crippen molar-refractivity contribution in [3.05, 3.63) is 0 Å². The molecule has 2 unspecified atom stereocenters. The second kappa shape index (κ2) is 5.14. The van der Waals surface area contributed by atoms with E-state index in [-0.39, 0.29) is 23.3 Å². The Bertz CT molecular complexity index is 374. The first-order valence-electron chi connectivity index (χ1n) is 7.41. The normalized spacial score (nSPS) is 29.4. The summed E-state index contributed by atoms with van der Waals surface area (Å²) in [6.07, 6.45) is 4.62. The number of carboxylic acids is 1. The van der Waals surface area contributed by atoms with Gasteiger partial charge in [0, 0.05) is 18.0 Å². The first-order valence-corrected chi connectivity index (χ1v) is 7.41. The largest absolute Gasteiger partial charge is 0.481 e. The van der Waals surface area contributed by atoms with Crippen LogP contribution in [-0.4, -0.2) is 34.5 Å². The lowest BCUT2D eigenvalue weighted by Crippen LogP contribution is -2.50. The zero-order valence-electron chi connectivity index (χ0n) is 12.2. The van der Waals surface area contributed by atoms with Gasteiger partial charge in [0.1, 0.15) is 0 Å². The van der Waals surface area contributed by atoms with Gasteiger partial charge in [-0.1, -0.05) is 20.3 Å². The van der Waals surface area contributed by atoms with Crippen LogP contribution in [0.1, 0.15) is 52.9 Å². The van der Waals surface area contributed by atoms with Crippen molar-refractivity contribution in [2.24, 2.45) is 17.3 Å². The van der Waals surface area contributed by atoms with E-state index in [0.29, 0.717) is 18.9 Å². The molecular weight excluding hydrogens is 242 g/mol. The number of carboxylic acid groups (broad SMARTS) is 1. The maximum Gasteiger partial charge on any atom is 0.308 e. The highest BCUT2D eigenvalue weighted by molar-refractivity contribution is 5.85. The van der Waals surface area contributed by atoms with Gasteiger partial charge in [-0.15, -0.1) is 0 Å². The Morgan fingerprint density at radius 1 is 1.37 bits per heavy atom. The van der Waals surface area contributed by atoms with Crippen molar-refractivity contribution in [3.63, 3.8) is 0 Å². The van der Waals surface area contributed by atoms with Crippen LogP contribution in [0, 0.1) is 17.3 Å². The molecule has 19 heavy (non-hydrogen) atoms. The molecule has 108 valence electrons. The van der Waals surface area contributed by atoms with Gasteiger partial charge in [-0.2, -0.15) is 0 Å². The molecule has 2 atom stereocenters. The Morgan fingerprint density at radius 3 is 2.37 bits per heavy atom. The van der Waals surface area contributed by atoms with Crippen molar-refractivity contribution in [2.75, 3.05) is 6.54 Å². The SMILES string of the molecule is CC(C)CC1(C(=O)N2CCC(C(=O)O)C2C)CCC1. The average Bonchev–Trinajstić information content (AvgIpc) is 2.64. The zero-order chi connectivity index (χ0) is 14.2. The Labute approximate surface area is 115 Å². The monoisotopic (exact) mass is 267 g/mol. The van der Waals surface area contributed by atoms with Crippen LogP contribution in [0.25, 0.3) is 0 Å². The molecule has 1 amide bonds. The van der Waals surface area contributed by atoms with E-state index in [4.69, 9.17) is 5.11 Å². The first-order chi connectivity index (χ1) is 8.87. The summed E-state index contributed by atoms with van der Waals surface area (Å²) in [5, 5.41) is 9.16. The average molecular weight is 267 g/mol. The third kappa shape index (κ3) is 2.49. The van der Waals surface area contributed by atoms with Crippen LogP contribution in [0.4, 0.5) is 0 Å². The molecule has 2 aliphatic rings. The summed E-state index contributed by atoms with van der Waals surface area (Å²) >= 11 is 0. The molecule has 1 aliphatic carbocycles. The van der Waals surface area contributed by atoms with Crippen molar-refractivity contribution >= 4 is 11.9 Å². The van der Waals surface area contributed by atoms with Crippen molar-refractivity contribution in [1.29, 1.82) is 0 Å². The predicted molar refractivity (Wildman–Crippen MR) is 72.7 cm³/mol. The number of carbonyl (C=O) groups excluding carboxylic acids is 1. The minimum absolute atomic E-state index is 0.158. The summed E-state index contributed by atoms with van der Waals surface area (Å²) in [5.41, 5.74) is -0.185. The number of nitrogens with zero attached hydrogens (tertiary/aromatic N) is 1. The van der Waals surface area contributed by atoms with Gasteiger partial charge in [0.15, 0.2) is 0 Å². The van der Waals surface area contributed by atoms with Gasteiger partial charge < -0.3 is 10.0 Å². The van der Waals surface area contributed by atoms with Crippen LogP contribution in [0.3, 0.4) is 0 Å². The minimum atomic E-state index is -0.769. The molecule has 0 bridgehead atoms. The number of carbonyl (C=O) groups is 2. The van der Waals surface area contributed by atoms with E-state index < -0.39 is 5.97 Å². The Kier molecular flexibility index (Phi) is 3.88. The van der Waals surface area contributed by atoms with Crippen molar-refractivity contribution in [1.82, 2.24) is 4.90 Å². The van der Waals surface area contributed by atoms with Gasteiger partial charge in [0.2, 0.25) is 5.91 Å². The predicted octanol–water partition coefficient (Wildman–Crippen LogP) is 2.52. The molecule has 2 rings (SSSR count). The van der Waals surface area contributed by atoms with Crippen molar-refractivity contribution < 1.29 is 14.7 Å². The third-order valence-electron chi connectivity index (χ3n) is 4.90.